The van der Waals surface area contributed by atoms with Gasteiger partial charge in [0.1, 0.15) is 5.75 Å². The van der Waals surface area contributed by atoms with E-state index in [1.807, 2.05) is 6.07 Å². The Morgan fingerprint density at radius 2 is 1.65 bits per heavy atom. The van der Waals surface area contributed by atoms with Gasteiger partial charge >= 0.3 is 6.03 Å². The highest BCUT2D eigenvalue weighted by Gasteiger charge is 2.29. The molecule has 0 saturated carbocycles. The van der Waals surface area contributed by atoms with Gasteiger partial charge in [-0.05, 0) is 73.0 Å². The van der Waals surface area contributed by atoms with Crippen LogP contribution in [0, 0.1) is 0 Å². The number of hydrogen-bond donors (Lipinski definition) is 2. The number of hydrogen-bond acceptors (Lipinski definition) is 6. The summed E-state index contributed by atoms with van der Waals surface area (Å²) < 4.78 is 43.7. The maximum Gasteiger partial charge on any atom is 0.323 e. The maximum absolute atomic E-state index is 13.3. The third-order valence-corrected chi connectivity index (χ3v) is 7.52. The van der Waals surface area contributed by atoms with Gasteiger partial charge in [-0.25, -0.2) is 13.2 Å². The smallest absolute Gasteiger partial charge is 0.323 e. The molecular formula is C24H23N3O6S. The van der Waals surface area contributed by atoms with Crippen molar-refractivity contribution in [2.24, 2.45) is 0 Å². The van der Waals surface area contributed by atoms with Crippen molar-refractivity contribution in [3.63, 3.8) is 0 Å². The van der Waals surface area contributed by atoms with Crippen molar-refractivity contribution in [2.75, 3.05) is 35.4 Å². The second-order valence-corrected chi connectivity index (χ2v) is 9.71. The van der Waals surface area contributed by atoms with Gasteiger partial charge in [0.15, 0.2) is 11.5 Å². The Labute approximate surface area is 197 Å². The molecule has 0 radical (unpaired) electrons. The van der Waals surface area contributed by atoms with E-state index in [4.69, 9.17) is 14.2 Å². The fourth-order valence-electron chi connectivity index (χ4n) is 4.03. The van der Waals surface area contributed by atoms with Crippen LogP contribution in [0.2, 0.25) is 0 Å². The van der Waals surface area contributed by atoms with Crippen LogP contribution in [0.5, 0.6) is 17.2 Å². The Bertz CT molecular complexity index is 1340. The highest BCUT2D eigenvalue weighted by Crippen LogP contribution is 2.35. The molecule has 0 unspecified atom stereocenters. The van der Waals surface area contributed by atoms with Crippen LogP contribution in [0.4, 0.5) is 21.9 Å². The largest absolute Gasteiger partial charge is 0.497 e. The molecule has 5 rings (SSSR count). The van der Waals surface area contributed by atoms with Crippen LogP contribution in [0.15, 0.2) is 65.6 Å². The Morgan fingerprint density at radius 1 is 0.941 bits per heavy atom. The van der Waals surface area contributed by atoms with Crippen molar-refractivity contribution in [1.29, 1.82) is 0 Å². The molecular weight excluding hydrogens is 458 g/mol. The first kappa shape index (κ1) is 21.9. The fourth-order valence-corrected chi connectivity index (χ4v) is 5.57. The zero-order valence-electron chi connectivity index (χ0n) is 18.4. The Balaban J connectivity index is 1.32. The molecule has 34 heavy (non-hydrogen) atoms. The lowest BCUT2D eigenvalue weighted by atomic mass is 10.0. The first-order chi connectivity index (χ1) is 16.4. The van der Waals surface area contributed by atoms with Crippen LogP contribution in [0.25, 0.3) is 0 Å². The first-order valence-electron chi connectivity index (χ1n) is 10.7. The van der Waals surface area contributed by atoms with Crippen molar-refractivity contribution in [3.8, 4) is 17.2 Å². The highest BCUT2D eigenvalue weighted by atomic mass is 32.2. The summed E-state index contributed by atoms with van der Waals surface area (Å²) in [5.41, 5.74) is 2.60. The number of methoxy groups -OCH3 is 1. The van der Waals surface area contributed by atoms with E-state index >= 15 is 0 Å². The summed E-state index contributed by atoms with van der Waals surface area (Å²) in [6, 6.07) is 16.3. The molecule has 0 spiro atoms. The number of aryl methyl sites for hydroxylation is 1. The summed E-state index contributed by atoms with van der Waals surface area (Å²) in [7, 11) is -2.19. The predicted octanol–water partition coefficient (Wildman–Crippen LogP) is 4.21. The van der Waals surface area contributed by atoms with Crippen molar-refractivity contribution < 1.29 is 27.4 Å². The molecule has 2 aliphatic heterocycles. The predicted molar refractivity (Wildman–Crippen MR) is 127 cm³/mol. The SMILES string of the molecule is COc1ccc(S(=O)(=O)N2CCCc3cc(NC(=O)Nc4ccc5c(c4)OCO5)ccc32)cc1. The van der Waals surface area contributed by atoms with E-state index in [1.165, 1.54) is 11.4 Å². The molecule has 3 aromatic rings. The number of carbonyl (C=O) groups excluding carboxylic acids is 1. The molecule has 0 aliphatic carbocycles. The average molecular weight is 482 g/mol. The standard InChI is InChI=1S/C24H23N3O6S/c1-31-19-6-8-20(9-7-19)34(29,30)27-12-2-3-16-13-17(4-10-21(16)27)25-24(28)26-18-5-11-22-23(14-18)33-15-32-22/h4-11,13-14H,2-3,12,15H2,1H3,(H2,25,26,28). The van der Waals surface area contributed by atoms with Crippen molar-refractivity contribution in [1.82, 2.24) is 0 Å². The quantitative estimate of drug-likeness (QED) is 0.566. The minimum Gasteiger partial charge on any atom is -0.497 e. The zero-order valence-corrected chi connectivity index (χ0v) is 19.2. The second-order valence-electron chi connectivity index (χ2n) is 7.85. The lowest BCUT2D eigenvalue weighted by Gasteiger charge is -2.31. The lowest BCUT2D eigenvalue weighted by molar-refractivity contribution is 0.174. The number of anilines is 3. The summed E-state index contributed by atoms with van der Waals surface area (Å²) in [5, 5.41) is 5.56. The third kappa shape index (κ3) is 4.19. The number of ether oxygens (including phenoxy) is 3. The maximum atomic E-state index is 13.3. The number of amides is 2. The van der Waals surface area contributed by atoms with Crippen LogP contribution in [-0.4, -0.2) is 34.9 Å². The van der Waals surface area contributed by atoms with Gasteiger partial charge in [-0.2, -0.15) is 0 Å². The number of fused-ring (bicyclic) bond motifs is 2. The molecule has 0 bridgehead atoms. The Morgan fingerprint density at radius 3 is 2.41 bits per heavy atom. The topological polar surface area (TPSA) is 106 Å². The van der Waals surface area contributed by atoms with Crippen LogP contribution < -0.4 is 29.1 Å². The monoisotopic (exact) mass is 481 g/mol. The van der Waals surface area contributed by atoms with Gasteiger partial charge in [-0.1, -0.05) is 0 Å². The molecule has 0 aromatic heterocycles. The average Bonchev–Trinajstić information content (AvgIpc) is 3.31. The van der Waals surface area contributed by atoms with E-state index < -0.39 is 16.1 Å². The van der Waals surface area contributed by atoms with E-state index in [9.17, 15) is 13.2 Å². The van der Waals surface area contributed by atoms with E-state index in [1.54, 1.807) is 54.6 Å². The van der Waals surface area contributed by atoms with E-state index in [0.29, 0.717) is 53.7 Å². The minimum absolute atomic E-state index is 0.158. The Hall–Kier alpha value is -3.92. The van der Waals surface area contributed by atoms with Gasteiger partial charge in [0.2, 0.25) is 6.79 Å². The van der Waals surface area contributed by atoms with Gasteiger partial charge < -0.3 is 24.8 Å². The zero-order chi connectivity index (χ0) is 23.7. The number of benzene rings is 3. The molecule has 9 nitrogen and oxygen atoms in total. The molecule has 2 aliphatic rings. The lowest BCUT2D eigenvalue weighted by Crippen LogP contribution is -2.35. The minimum atomic E-state index is -3.73. The molecule has 0 atom stereocenters. The normalized spacial score (nSPS) is 14.3. The summed E-state index contributed by atoms with van der Waals surface area (Å²) in [6.45, 7) is 0.546. The van der Waals surface area contributed by atoms with Gasteiger partial charge in [0.05, 0.1) is 17.7 Å². The van der Waals surface area contributed by atoms with Gasteiger partial charge in [-0.15, -0.1) is 0 Å². The molecule has 0 saturated heterocycles. The third-order valence-electron chi connectivity index (χ3n) is 5.69. The Kier molecular flexibility index (Phi) is 5.66. The van der Waals surface area contributed by atoms with E-state index in [0.717, 1.165) is 5.56 Å². The molecule has 3 aromatic carbocycles. The fraction of sp³-hybridized carbons (Fsp3) is 0.208. The second kappa shape index (κ2) is 8.79. The first-order valence-corrected chi connectivity index (χ1v) is 12.2. The van der Waals surface area contributed by atoms with Gasteiger partial charge in [0, 0.05) is 24.0 Å². The van der Waals surface area contributed by atoms with E-state index in [2.05, 4.69) is 10.6 Å². The molecule has 2 amide bonds. The van der Waals surface area contributed by atoms with Gasteiger partial charge in [0.25, 0.3) is 10.0 Å². The molecule has 0 fully saturated rings. The number of urea groups is 1. The van der Waals surface area contributed by atoms with Crippen LogP contribution in [0.1, 0.15) is 12.0 Å². The number of nitrogens with zero attached hydrogens (tertiary/aromatic N) is 1. The summed E-state index contributed by atoms with van der Waals surface area (Å²) in [5.74, 6) is 1.80. The number of sulfonamides is 1. The molecule has 10 heteroatoms. The van der Waals surface area contributed by atoms with Crippen molar-refractivity contribution >= 4 is 33.1 Å². The van der Waals surface area contributed by atoms with Crippen LogP contribution in [-0.2, 0) is 16.4 Å². The number of rotatable bonds is 5. The van der Waals surface area contributed by atoms with Crippen molar-refractivity contribution in [3.05, 3.63) is 66.2 Å². The summed E-state index contributed by atoms with van der Waals surface area (Å²) in [6.07, 6.45) is 1.39. The number of carbonyl (C=O) groups is 1. The van der Waals surface area contributed by atoms with E-state index in [-0.39, 0.29) is 11.7 Å². The highest BCUT2D eigenvalue weighted by molar-refractivity contribution is 7.92. The molecule has 176 valence electrons. The summed E-state index contributed by atoms with van der Waals surface area (Å²) in [4.78, 5) is 12.7. The van der Waals surface area contributed by atoms with Crippen LogP contribution in [0.3, 0.4) is 0 Å². The van der Waals surface area contributed by atoms with Gasteiger partial charge in [-0.3, -0.25) is 4.31 Å². The number of nitrogens with one attached hydrogen (secondary N) is 2. The van der Waals surface area contributed by atoms with Crippen LogP contribution >= 0.6 is 0 Å². The molecule has 2 heterocycles. The molecule has 2 N–H and O–H groups in total. The van der Waals surface area contributed by atoms with Crippen molar-refractivity contribution in [2.45, 2.75) is 17.7 Å². The summed E-state index contributed by atoms with van der Waals surface area (Å²) >= 11 is 0.